The third kappa shape index (κ3) is 3.36. The molecule has 0 unspecified atom stereocenters. The highest BCUT2D eigenvalue weighted by atomic mass is 16.5. The van der Waals surface area contributed by atoms with Gasteiger partial charge < -0.3 is 14.6 Å². The largest absolute Gasteiger partial charge is 0.383 e. The molecule has 0 aromatic carbocycles. The predicted octanol–water partition coefficient (Wildman–Crippen LogP) is 1.00. The van der Waals surface area contributed by atoms with Crippen LogP contribution in [-0.2, 0) is 11.2 Å². The molecule has 1 atom stereocenters. The third-order valence-electron chi connectivity index (χ3n) is 1.93. The van der Waals surface area contributed by atoms with E-state index in [0.29, 0.717) is 18.1 Å². The van der Waals surface area contributed by atoms with Crippen LogP contribution >= 0.6 is 0 Å². The predicted molar refractivity (Wildman–Crippen MR) is 54.7 cm³/mol. The second-order valence-electron chi connectivity index (χ2n) is 3.36. The summed E-state index contributed by atoms with van der Waals surface area (Å²) in [6.07, 6.45) is 0.730. The van der Waals surface area contributed by atoms with Crippen molar-refractivity contribution in [1.82, 2.24) is 10.5 Å². The summed E-state index contributed by atoms with van der Waals surface area (Å²) in [7, 11) is 1.59. The molecule has 1 N–H and O–H groups in total. The third-order valence-corrected chi connectivity index (χ3v) is 1.93. The van der Waals surface area contributed by atoms with Gasteiger partial charge in [-0.15, -0.1) is 0 Å². The lowest BCUT2D eigenvalue weighted by Crippen LogP contribution is -2.35. The molecule has 84 valence electrons. The van der Waals surface area contributed by atoms with Crippen LogP contribution in [0.2, 0.25) is 0 Å². The number of amides is 1. The lowest BCUT2D eigenvalue weighted by atomic mass is 10.3. The van der Waals surface area contributed by atoms with Gasteiger partial charge in [0.15, 0.2) is 5.69 Å². The van der Waals surface area contributed by atoms with Crippen LogP contribution in [0.15, 0.2) is 10.6 Å². The SMILES string of the molecule is CCc1cc(C(=O)N[C@H](C)COC)no1. The molecule has 0 fully saturated rings. The monoisotopic (exact) mass is 212 g/mol. The Morgan fingerprint density at radius 1 is 1.73 bits per heavy atom. The highest BCUT2D eigenvalue weighted by Gasteiger charge is 2.13. The summed E-state index contributed by atoms with van der Waals surface area (Å²) >= 11 is 0. The Bertz CT molecular complexity index is 322. The average Bonchev–Trinajstić information content (AvgIpc) is 2.66. The molecule has 1 amide bonds. The average molecular weight is 212 g/mol. The van der Waals surface area contributed by atoms with Gasteiger partial charge in [-0.1, -0.05) is 12.1 Å². The van der Waals surface area contributed by atoms with Crippen LogP contribution in [0, 0.1) is 0 Å². The molecular weight excluding hydrogens is 196 g/mol. The number of carbonyl (C=O) groups excluding carboxylic acids is 1. The van der Waals surface area contributed by atoms with Gasteiger partial charge in [-0.2, -0.15) is 0 Å². The lowest BCUT2D eigenvalue weighted by Gasteiger charge is -2.10. The van der Waals surface area contributed by atoms with Crippen LogP contribution < -0.4 is 5.32 Å². The molecule has 0 aliphatic rings. The first kappa shape index (κ1) is 11.7. The van der Waals surface area contributed by atoms with E-state index in [4.69, 9.17) is 9.26 Å². The number of aromatic nitrogens is 1. The number of nitrogens with one attached hydrogen (secondary N) is 1. The molecular formula is C10H16N2O3. The van der Waals surface area contributed by atoms with Gasteiger partial charge in [-0.25, -0.2) is 0 Å². The Labute approximate surface area is 88.8 Å². The van der Waals surface area contributed by atoms with Crippen LogP contribution in [0.1, 0.15) is 30.1 Å². The Morgan fingerprint density at radius 2 is 2.47 bits per heavy atom. The van der Waals surface area contributed by atoms with Gasteiger partial charge in [0.1, 0.15) is 5.76 Å². The van der Waals surface area contributed by atoms with Crippen molar-refractivity contribution < 1.29 is 14.1 Å². The van der Waals surface area contributed by atoms with E-state index in [1.54, 1.807) is 13.2 Å². The Hall–Kier alpha value is -1.36. The van der Waals surface area contributed by atoms with Crippen molar-refractivity contribution in [3.63, 3.8) is 0 Å². The Kier molecular flexibility index (Phi) is 4.30. The van der Waals surface area contributed by atoms with Crippen molar-refractivity contribution in [3.05, 3.63) is 17.5 Å². The van der Waals surface area contributed by atoms with E-state index < -0.39 is 0 Å². The molecule has 1 aromatic rings. The second kappa shape index (κ2) is 5.50. The summed E-state index contributed by atoms with van der Waals surface area (Å²) < 4.78 is 9.84. The van der Waals surface area contributed by atoms with E-state index in [2.05, 4.69) is 10.5 Å². The van der Waals surface area contributed by atoms with Crippen molar-refractivity contribution in [2.24, 2.45) is 0 Å². The maximum atomic E-state index is 11.6. The van der Waals surface area contributed by atoms with E-state index in [0.717, 1.165) is 6.42 Å². The van der Waals surface area contributed by atoms with Gasteiger partial charge in [0.2, 0.25) is 0 Å². The molecule has 0 bridgehead atoms. The maximum Gasteiger partial charge on any atom is 0.273 e. The molecule has 15 heavy (non-hydrogen) atoms. The summed E-state index contributed by atoms with van der Waals surface area (Å²) in [5, 5.41) is 6.42. The Morgan fingerprint density at radius 3 is 3.00 bits per heavy atom. The molecule has 5 heteroatoms. The van der Waals surface area contributed by atoms with Crippen LogP contribution in [0.25, 0.3) is 0 Å². The zero-order chi connectivity index (χ0) is 11.3. The number of aryl methyl sites for hydroxylation is 1. The minimum Gasteiger partial charge on any atom is -0.383 e. The first-order valence-electron chi connectivity index (χ1n) is 4.92. The fraction of sp³-hybridized carbons (Fsp3) is 0.600. The maximum absolute atomic E-state index is 11.6. The van der Waals surface area contributed by atoms with E-state index in [-0.39, 0.29) is 11.9 Å². The molecule has 5 nitrogen and oxygen atoms in total. The van der Waals surface area contributed by atoms with Gasteiger partial charge in [0, 0.05) is 25.6 Å². The zero-order valence-electron chi connectivity index (χ0n) is 9.24. The number of hydrogen-bond acceptors (Lipinski definition) is 4. The molecule has 1 heterocycles. The van der Waals surface area contributed by atoms with E-state index in [9.17, 15) is 4.79 Å². The van der Waals surface area contributed by atoms with E-state index >= 15 is 0 Å². The quantitative estimate of drug-likeness (QED) is 0.790. The fourth-order valence-corrected chi connectivity index (χ4v) is 1.18. The van der Waals surface area contributed by atoms with Gasteiger partial charge in [0.25, 0.3) is 5.91 Å². The van der Waals surface area contributed by atoms with Crippen molar-refractivity contribution in [1.29, 1.82) is 0 Å². The van der Waals surface area contributed by atoms with Crippen LogP contribution in [0.5, 0.6) is 0 Å². The zero-order valence-corrected chi connectivity index (χ0v) is 9.24. The number of hydrogen-bond donors (Lipinski definition) is 1. The summed E-state index contributed by atoms with van der Waals surface area (Å²) in [6, 6.07) is 1.61. The first-order valence-corrected chi connectivity index (χ1v) is 4.92. The molecule has 1 aromatic heterocycles. The lowest BCUT2D eigenvalue weighted by molar-refractivity contribution is 0.0896. The van der Waals surface area contributed by atoms with Crippen molar-refractivity contribution in [3.8, 4) is 0 Å². The molecule has 0 saturated heterocycles. The summed E-state index contributed by atoms with van der Waals surface area (Å²) in [5.41, 5.74) is 0.315. The number of nitrogens with zero attached hydrogens (tertiary/aromatic N) is 1. The topological polar surface area (TPSA) is 64.4 Å². The number of ether oxygens (including phenoxy) is 1. The first-order chi connectivity index (χ1) is 7.17. The van der Waals surface area contributed by atoms with E-state index in [1.165, 1.54) is 0 Å². The molecule has 0 radical (unpaired) electrons. The van der Waals surface area contributed by atoms with Crippen LogP contribution in [0.4, 0.5) is 0 Å². The fourth-order valence-electron chi connectivity index (χ4n) is 1.18. The van der Waals surface area contributed by atoms with Crippen LogP contribution in [0.3, 0.4) is 0 Å². The smallest absolute Gasteiger partial charge is 0.273 e. The normalized spacial score (nSPS) is 12.5. The standard InChI is InChI=1S/C10H16N2O3/c1-4-8-5-9(12-15-8)10(13)11-7(2)6-14-3/h5,7H,4,6H2,1-3H3,(H,11,13)/t7-/m1/s1. The second-order valence-corrected chi connectivity index (χ2v) is 3.36. The molecule has 1 rings (SSSR count). The molecule has 0 aliphatic carbocycles. The number of carbonyl (C=O) groups is 1. The van der Waals surface area contributed by atoms with Crippen molar-refractivity contribution >= 4 is 5.91 Å². The van der Waals surface area contributed by atoms with E-state index in [1.807, 2.05) is 13.8 Å². The minimum absolute atomic E-state index is 0.0377. The highest BCUT2D eigenvalue weighted by Crippen LogP contribution is 2.04. The Balaban J connectivity index is 2.53. The van der Waals surface area contributed by atoms with Gasteiger partial charge in [0.05, 0.1) is 6.61 Å². The molecule has 0 aliphatic heterocycles. The summed E-state index contributed by atoms with van der Waals surface area (Å²) in [5.74, 6) is 0.475. The van der Waals surface area contributed by atoms with Crippen molar-refractivity contribution in [2.75, 3.05) is 13.7 Å². The highest BCUT2D eigenvalue weighted by molar-refractivity contribution is 5.92. The number of methoxy groups -OCH3 is 1. The minimum atomic E-state index is -0.233. The van der Waals surface area contributed by atoms with Gasteiger partial charge in [-0.05, 0) is 6.92 Å². The molecule has 0 spiro atoms. The van der Waals surface area contributed by atoms with Crippen molar-refractivity contribution in [2.45, 2.75) is 26.3 Å². The van der Waals surface area contributed by atoms with Gasteiger partial charge >= 0.3 is 0 Å². The number of rotatable bonds is 5. The summed E-state index contributed by atoms with van der Waals surface area (Å²) in [6.45, 7) is 4.28. The van der Waals surface area contributed by atoms with Crippen LogP contribution in [-0.4, -0.2) is 30.8 Å². The molecule has 0 saturated carbocycles. The van der Waals surface area contributed by atoms with Gasteiger partial charge in [-0.3, -0.25) is 4.79 Å². The summed E-state index contributed by atoms with van der Waals surface area (Å²) in [4.78, 5) is 11.6.